The van der Waals surface area contributed by atoms with Gasteiger partial charge in [0.25, 0.3) is 0 Å². The number of carbonyl (C=O) groups excluding carboxylic acids is 2. The Hall–Kier alpha value is -2.17. The number of aromatic nitrogens is 1. The van der Waals surface area contributed by atoms with Crippen molar-refractivity contribution < 1.29 is 24.2 Å². The molecule has 2 bridgehead atoms. The predicted molar refractivity (Wildman–Crippen MR) is 130 cm³/mol. The molecule has 4 aliphatic rings. The van der Waals surface area contributed by atoms with Crippen LogP contribution in [0.2, 0.25) is 0 Å². The number of aliphatic carboxylic acids is 1. The third kappa shape index (κ3) is 3.01. The quantitative estimate of drug-likeness (QED) is 0.478. The van der Waals surface area contributed by atoms with Crippen molar-refractivity contribution in [2.75, 3.05) is 13.7 Å². The standard InChI is InChI=1S/C24H24N2O5S3/c1-25-23-20(34-24(25)32)15(10-3-5-11(31-2)6-4-10)16-12-9-13(19(16)33-23)18-17(12)21(29)26(22(18)30)8-7-14(27)28/h3-6,12-13,15-19H,7-9H2,1-2H3,(H,27,28). The highest BCUT2D eigenvalue weighted by atomic mass is 32.2. The van der Waals surface area contributed by atoms with Crippen LogP contribution in [0, 0.1) is 33.5 Å². The lowest BCUT2D eigenvalue weighted by Crippen LogP contribution is -2.43. The number of rotatable bonds is 5. The number of carbonyl (C=O) groups is 3. The van der Waals surface area contributed by atoms with Gasteiger partial charge in [-0.05, 0) is 54.1 Å². The predicted octanol–water partition coefficient (Wildman–Crippen LogP) is 3.77. The number of ether oxygens (including phenoxy) is 1. The van der Waals surface area contributed by atoms with Crippen LogP contribution in [0.4, 0.5) is 0 Å². The smallest absolute Gasteiger partial charge is 0.305 e. The van der Waals surface area contributed by atoms with Crippen molar-refractivity contribution in [3.8, 4) is 5.75 Å². The fraction of sp³-hybridized carbons (Fsp3) is 0.500. The summed E-state index contributed by atoms with van der Waals surface area (Å²) >= 11 is 9.10. The zero-order valence-electron chi connectivity index (χ0n) is 18.7. The van der Waals surface area contributed by atoms with Crippen molar-refractivity contribution >= 4 is 53.1 Å². The first-order valence-electron chi connectivity index (χ1n) is 11.4. The number of nitrogens with zero attached hydrogens (tertiary/aromatic N) is 2. The number of thiazole rings is 1. The van der Waals surface area contributed by atoms with Crippen molar-refractivity contribution in [1.82, 2.24) is 9.47 Å². The van der Waals surface area contributed by atoms with Gasteiger partial charge in [0.1, 0.15) is 5.75 Å². The Labute approximate surface area is 210 Å². The number of likely N-dealkylation sites (tertiary alicyclic amines) is 1. The average molecular weight is 517 g/mol. The molecule has 3 heterocycles. The van der Waals surface area contributed by atoms with E-state index in [1.165, 1.54) is 20.4 Å². The largest absolute Gasteiger partial charge is 0.497 e. The Morgan fingerprint density at radius 2 is 1.85 bits per heavy atom. The van der Waals surface area contributed by atoms with E-state index in [4.69, 9.17) is 22.1 Å². The van der Waals surface area contributed by atoms with Gasteiger partial charge in [0.05, 0.1) is 30.4 Å². The molecule has 2 aromatic rings. The van der Waals surface area contributed by atoms with E-state index in [1.54, 1.807) is 18.4 Å². The number of fused-ring (bicyclic) bond motifs is 9. The third-order valence-corrected chi connectivity index (χ3v) is 11.6. The minimum atomic E-state index is -0.999. The molecular formula is C24H24N2O5S3. The number of hydrogen-bond acceptors (Lipinski definition) is 7. The molecule has 1 saturated heterocycles. The molecule has 1 N–H and O–H groups in total. The zero-order valence-corrected chi connectivity index (χ0v) is 21.1. The summed E-state index contributed by atoms with van der Waals surface area (Å²) < 4.78 is 8.28. The van der Waals surface area contributed by atoms with E-state index in [9.17, 15) is 14.4 Å². The molecule has 7 atom stereocenters. The van der Waals surface area contributed by atoms with Crippen molar-refractivity contribution in [2.24, 2.45) is 36.6 Å². The summed E-state index contributed by atoms with van der Waals surface area (Å²) in [6.45, 7) is -0.0363. The Kier molecular flexibility index (Phi) is 5.20. The van der Waals surface area contributed by atoms with E-state index in [-0.39, 0.29) is 65.5 Å². The monoisotopic (exact) mass is 516 g/mol. The molecule has 2 aliphatic carbocycles. The topological polar surface area (TPSA) is 88.8 Å². The highest BCUT2D eigenvalue weighted by Gasteiger charge is 2.69. The summed E-state index contributed by atoms with van der Waals surface area (Å²) in [4.78, 5) is 40.2. The van der Waals surface area contributed by atoms with Gasteiger partial charge in [0, 0.05) is 29.6 Å². The second-order valence-electron chi connectivity index (χ2n) is 9.59. The highest BCUT2D eigenvalue weighted by molar-refractivity contribution is 8.00. The molecule has 7 unspecified atom stereocenters. The number of carboxylic acid groups (broad SMARTS) is 1. The van der Waals surface area contributed by atoms with Crippen molar-refractivity contribution in [2.45, 2.75) is 29.0 Å². The van der Waals surface area contributed by atoms with E-state index >= 15 is 0 Å². The summed E-state index contributed by atoms with van der Waals surface area (Å²) in [5, 5.41) is 10.5. The van der Waals surface area contributed by atoms with Crippen LogP contribution >= 0.6 is 35.3 Å². The van der Waals surface area contributed by atoms with E-state index in [1.807, 2.05) is 30.9 Å². The van der Waals surface area contributed by atoms with Crippen LogP contribution in [0.1, 0.15) is 29.2 Å². The van der Waals surface area contributed by atoms with Crippen LogP contribution in [-0.2, 0) is 21.4 Å². The molecule has 2 saturated carbocycles. The number of imide groups is 1. The van der Waals surface area contributed by atoms with Crippen LogP contribution < -0.4 is 4.74 Å². The average Bonchev–Trinajstić information content (AvgIpc) is 3.53. The number of carboxylic acids is 1. The van der Waals surface area contributed by atoms with Gasteiger partial charge in [0.15, 0.2) is 3.95 Å². The third-order valence-electron chi connectivity index (χ3n) is 8.18. The van der Waals surface area contributed by atoms with Gasteiger partial charge < -0.3 is 14.4 Å². The molecule has 34 heavy (non-hydrogen) atoms. The minimum absolute atomic E-state index is 0.0363. The number of thioether (sulfide) groups is 1. The molecule has 2 amide bonds. The maximum Gasteiger partial charge on any atom is 0.305 e. The number of benzene rings is 1. The van der Waals surface area contributed by atoms with E-state index < -0.39 is 5.97 Å². The lowest BCUT2D eigenvalue weighted by Gasteiger charge is -2.43. The van der Waals surface area contributed by atoms with Crippen molar-refractivity contribution in [1.29, 1.82) is 0 Å². The number of methoxy groups -OCH3 is 1. The molecular weight excluding hydrogens is 492 g/mol. The summed E-state index contributed by atoms with van der Waals surface area (Å²) in [5.74, 6) is -0.685. The zero-order chi connectivity index (χ0) is 23.9. The number of hydrogen-bond donors (Lipinski definition) is 1. The van der Waals surface area contributed by atoms with Crippen molar-refractivity contribution in [3.05, 3.63) is 38.7 Å². The highest BCUT2D eigenvalue weighted by Crippen LogP contribution is 2.69. The summed E-state index contributed by atoms with van der Waals surface area (Å²) in [6.07, 6.45) is 0.658. The fourth-order valence-electron chi connectivity index (χ4n) is 6.85. The van der Waals surface area contributed by atoms with Crippen LogP contribution in [0.3, 0.4) is 0 Å². The minimum Gasteiger partial charge on any atom is -0.497 e. The van der Waals surface area contributed by atoms with E-state index in [2.05, 4.69) is 16.7 Å². The van der Waals surface area contributed by atoms with Gasteiger partial charge in [-0.15, -0.1) is 23.1 Å². The second-order valence-corrected chi connectivity index (χ2v) is 12.4. The van der Waals surface area contributed by atoms with Crippen LogP contribution in [0.5, 0.6) is 5.75 Å². The Morgan fingerprint density at radius 1 is 1.18 bits per heavy atom. The van der Waals surface area contributed by atoms with Gasteiger partial charge in [-0.25, -0.2) is 0 Å². The van der Waals surface area contributed by atoms with E-state index in [0.717, 1.165) is 16.1 Å². The fourth-order valence-corrected chi connectivity index (χ4v) is 10.4. The first-order valence-corrected chi connectivity index (χ1v) is 13.5. The van der Waals surface area contributed by atoms with Crippen molar-refractivity contribution in [3.63, 3.8) is 0 Å². The molecule has 6 rings (SSSR count). The van der Waals surface area contributed by atoms with Gasteiger partial charge in [-0.3, -0.25) is 19.3 Å². The SMILES string of the molecule is COc1ccc(C2c3sc(=S)n(C)c3SC3C4CC(C5C(=O)N(CCC(=O)O)C(=O)C45)C23)cc1. The van der Waals surface area contributed by atoms with Crippen LogP contribution in [0.15, 0.2) is 29.3 Å². The van der Waals surface area contributed by atoms with Gasteiger partial charge >= 0.3 is 5.97 Å². The molecule has 3 fully saturated rings. The number of amides is 2. The molecule has 10 heteroatoms. The summed E-state index contributed by atoms with van der Waals surface area (Å²) in [6, 6.07) is 8.16. The molecule has 0 radical (unpaired) electrons. The van der Waals surface area contributed by atoms with E-state index in [0.29, 0.717) is 0 Å². The van der Waals surface area contributed by atoms with Gasteiger partial charge in [-0.1, -0.05) is 12.1 Å². The molecule has 178 valence electrons. The summed E-state index contributed by atoms with van der Waals surface area (Å²) in [7, 11) is 3.65. The normalized spacial score (nSPS) is 33.1. The summed E-state index contributed by atoms with van der Waals surface area (Å²) in [5.41, 5.74) is 1.18. The molecule has 1 aromatic heterocycles. The first-order chi connectivity index (χ1) is 16.3. The Bertz CT molecular complexity index is 1270. The lowest BCUT2D eigenvalue weighted by atomic mass is 9.68. The van der Waals surface area contributed by atoms with Gasteiger partial charge in [0.2, 0.25) is 11.8 Å². The molecule has 1 aromatic carbocycles. The molecule has 2 aliphatic heterocycles. The first kappa shape index (κ1) is 22.3. The van der Waals surface area contributed by atoms with Crippen LogP contribution in [-0.4, -0.2) is 51.3 Å². The van der Waals surface area contributed by atoms with Crippen LogP contribution in [0.25, 0.3) is 0 Å². The second kappa shape index (κ2) is 7.93. The van der Waals surface area contributed by atoms with Gasteiger partial charge in [-0.2, -0.15) is 0 Å². The lowest BCUT2D eigenvalue weighted by molar-refractivity contribution is -0.142. The molecule has 0 spiro atoms. The maximum absolute atomic E-state index is 13.4. The Balaban J connectivity index is 1.42. The maximum atomic E-state index is 13.4. The Morgan fingerprint density at radius 3 is 2.50 bits per heavy atom. The molecule has 7 nitrogen and oxygen atoms in total.